The lowest BCUT2D eigenvalue weighted by atomic mass is 10.1. The van der Waals surface area contributed by atoms with Gasteiger partial charge in [-0.1, -0.05) is 11.6 Å². The van der Waals surface area contributed by atoms with Crippen LogP contribution in [0.2, 0.25) is 5.02 Å². The van der Waals surface area contributed by atoms with Crippen LogP contribution in [-0.4, -0.2) is 120 Å². The number of benzene rings is 1. The predicted octanol–water partition coefficient (Wildman–Crippen LogP) is 1.83. The van der Waals surface area contributed by atoms with Crippen molar-refractivity contribution in [2.75, 3.05) is 64.4 Å². The van der Waals surface area contributed by atoms with Crippen molar-refractivity contribution in [1.82, 2.24) is 9.80 Å². The first-order valence-corrected chi connectivity index (χ1v) is 13.2. The molecule has 13 nitrogen and oxygen atoms in total. The second-order valence-electron chi connectivity index (χ2n) is 9.16. The van der Waals surface area contributed by atoms with Gasteiger partial charge < -0.3 is 35.0 Å². The second-order valence-corrected chi connectivity index (χ2v) is 9.60. The molecule has 1 aromatic carbocycles. The van der Waals surface area contributed by atoms with E-state index in [2.05, 4.69) is 9.80 Å². The highest BCUT2D eigenvalue weighted by Gasteiger charge is 2.34. The third-order valence-electron chi connectivity index (χ3n) is 6.12. The molecule has 224 valence electrons. The molecular weight excluding hydrogens is 550 g/mol. The van der Waals surface area contributed by atoms with Gasteiger partial charge in [-0.05, 0) is 30.7 Å². The molecule has 2 fully saturated rings. The van der Waals surface area contributed by atoms with Crippen LogP contribution in [0.25, 0.3) is 0 Å². The van der Waals surface area contributed by atoms with Crippen molar-refractivity contribution < 1.29 is 49.1 Å². The Morgan fingerprint density at radius 2 is 1.25 bits per heavy atom. The maximum atomic E-state index is 12.7. The van der Waals surface area contributed by atoms with Crippen molar-refractivity contribution in [3.8, 4) is 0 Å². The van der Waals surface area contributed by atoms with Crippen LogP contribution in [0.15, 0.2) is 24.3 Å². The maximum Gasteiger partial charge on any atom is 0.303 e. The van der Waals surface area contributed by atoms with E-state index in [0.717, 1.165) is 64.5 Å². The van der Waals surface area contributed by atoms with E-state index in [9.17, 15) is 24.0 Å². The van der Waals surface area contributed by atoms with Gasteiger partial charge >= 0.3 is 23.9 Å². The van der Waals surface area contributed by atoms with Crippen molar-refractivity contribution in [2.24, 2.45) is 5.92 Å². The summed E-state index contributed by atoms with van der Waals surface area (Å²) in [5, 5.41) is 32.3. The first-order valence-electron chi connectivity index (χ1n) is 12.8. The van der Waals surface area contributed by atoms with Gasteiger partial charge in [-0.3, -0.25) is 28.9 Å². The molecule has 2 aliphatic heterocycles. The molecule has 2 saturated heterocycles. The lowest BCUT2D eigenvalue weighted by molar-refractivity contribution is -0.143. The zero-order valence-electron chi connectivity index (χ0n) is 22.5. The van der Waals surface area contributed by atoms with Crippen molar-refractivity contribution in [2.45, 2.75) is 32.1 Å². The summed E-state index contributed by atoms with van der Waals surface area (Å²) in [5.41, 5.74) is 0.955. The number of anilines is 1. The van der Waals surface area contributed by atoms with Gasteiger partial charge in [0.05, 0.1) is 38.2 Å². The molecule has 2 aliphatic rings. The molecule has 14 heteroatoms. The van der Waals surface area contributed by atoms with Gasteiger partial charge in [0.1, 0.15) is 0 Å². The van der Waals surface area contributed by atoms with Crippen molar-refractivity contribution >= 4 is 47.1 Å². The molecule has 0 radical (unpaired) electrons. The van der Waals surface area contributed by atoms with Gasteiger partial charge in [-0.15, -0.1) is 0 Å². The zero-order valence-corrected chi connectivity index (χ0v) is 23.3. The maximum absolute atomic E-state index is 12.7. The Kier molecular flexibility index (Phi) is 16.4. The number of rotatable bonds is 12. The fraction of sp³-hybridized carbons (Fsp3) is 0.577. The summed E-state index contributed by atoms with van der Waals surface area (Å²) in [6, 6.07) is 7.54. The average Bonchev–Trinajstić information content (AvgIpc) is 3.26. The highest BCUT2D eigenvalue weighted by molar-refractivity contribution is 6.30. The van der Waals surface area contributed by atoms with Crippen molar-refractivity contribution in [1.29, 1.82) is 0 Å². The Balaban J connectivity index is 0.000000412. The zero-order chi connectivity index (χ0) is 30.1. The molecule has 40 heavy (non-hydrogen) atoms. The summed E-state index contributed by atoms with van der Waals surface area (Å²) in [7, 11) is 1.74. The summed E-state index contributed by atoms with van der Waals surface area (Å²) in [5.74, 6) is -3.94. The number of hydrogen-bond acceptors (Lipinski definition) is 8. The van der Waals surface area contributed by atoms with Crippen molar-refractivity contribution in [3.05, 3.63) is 29.3 Å². The average molecular weight is 588 g/mol. The molecule has 0 bridgehead atoms. The Morgan fingerprint density at radius 1 is 0.800 bits per heavy atom. The second kappa shape index (κ2) is 18.9. The van der Waals surface area contributed by atoms with Crippen LogP contribution < -0.4 is 4.90 Å². The Labute approximate surface area is 237 Å². The molecule has 0 saturated carbocycles. The number of carbonyl (C=O) groups is 5. The number of carboxylic acids is 4. The highest BCUT2D eigenvalue weighted by Crippen LogP contribution is 2.27. The van der Waals surface area contributed by atoms with Gasteiger partial charge in [0.25, 0.3) is 0 Å². The quantitative estimate of drug-likeness (QED) is 0.278. The van der Waals surface area contributed by atoms with Crippen LogP contribution in [-0.2, 0) is 28.7 Å². The Hall–Kier alpha value is -3.26. The summed E-state index contributed by atoms with van der Waals surface area (Å²) < 4.78 is 5.14. The van der Waals surface area contributed by atoms with Crippen molar-refractivity contribution in [3.63, 3.8) is 0 Å². The topological polar surface area (TPSA) is 185 Å². The molecule has 0 aliphatic carbocycles. The van der Waals surface area contributed by atoms with E-state index >= 15 is 0 Å². The molecule has 1 atom stereocenters. The largest absolute Gasteiger partial charge is 0.481 e. The summed E-state index contributed by atoms with van der Waals surface area (Å²) in [6.07, 6.45) is -0.249. The summed E-state index contributed by atoms with van der Waals surface area (Å²) in [6.45, 7) is 7.66. The number of nitrogens with zero attached hydrogens (tertiary/aromatic N) is 3. The van der Waals surface area contributed by atoms with E-state index in [-0.39, 0.29) is 37.5 Å². The lowest BCUT2D eigenvalue weighted by Gasteiger charge is -2.35. The molecule has 3 rings (SSSR count). The number of hydrogen-bond donors (Lipinski definition) is 4. The first-order chi connectivity index (χ1) is 18.9. The van der Waals surface area contributed by atoms with E-state index in [1.807, 2.05) is 29.2 Å². The van der Waals surface area contributed by atoms with Crippen LogP contribution in [0.4, 0.5) is 5.69 Å². The van der Waals surface area contributed by atoms with Crippen LogP contribution in [0.3, 0.4) is 0 Å². The molecule has 1 aromatic rings. The number of amides is 1. The predicted molar refractivity (Wildman–Crippen MR) is 146 cm³/mol. The van der Waals surface area contributed by atoms with Gasteiger partial charge in [-0.2, -0.15) is 0 Å². The minimum absolute atomic E-state index is 0.117. The first kappa shape index (κ1) is 34.8. The molecule has 2 heterocycles. The van der Waals surface area contributed by atoms with Crippen LogP contribution in [0.5, 0.6) is 0 Å². The number of ether oxygens (including phenoxy) is 1. The van der Waals surface area contributed by atoms with Gasteiger partial charge in [0.2, 0.25) is 5.91 Å². The fourth-order valence-corrected chi connectivity index (χ4v) is 4.07. The van der Waals surface area contributed by atoms with E-state index in [1.165, 1.54) is 0 Å². The minimum atomic E-state index is -1.08. The molecular formula is C26H38ClN3O10. The molecule has 0 spiro atoms. The Morgan fingerprint density at radius 3 is 1.68 bits per heavy atom. The van der Waals surface area contributed by atoms with Gasteiger partial charge in [0.15, 0.2) is 0 Å². The number of halogens is 1. The van der Waals surface area contributed by atoms with E-state index in [1.54, 1.807) is 7.11 Å². The number of carbonyl (C=O) groups excluding carboxylic acids is 1. The smallest absolute Gasteiger partial charge is 0.303 e. The number of carboxylic acid groups (broad SMARTS) is 4. The lowest BCUT2D eigenvalue weighted by Crippen LogP contribution is -2.49. The van der Waals surface area contributed by atoms with E-state index in [0.29, 0.717) is 5.02 Å². The normalized spacial score (nSPS) is 17.3. The number of piperazine rings is 1. The molecule has 0 unspecified atom stereocenters. The van der Waals surface area contributed by atoms with E-state index < -0.39 is 23.9 Å². The number of methoxy groups -OCH3 is 1. The van der Waals surface area contributed by atoms with Crippen LogP contribution in [0.1, 0.15) is 32.1 Å². The SMILES string of the molecule is COCCN1CCN(C[C@H]2CCN(c3ccc(Cl)cc3)C2=O)CC1.O=C(O)CCC(=O)O.O=C(O)CCC(=O)O. The van der Waals surface area contributed by atoms with Gasteiger partial charge in [-0.25, -0.2) is 0 Å². The standard InChI is InChI=1S/C18H26ClN3O2.2C4H6O4/c1-24-13-12-20-8-10-21(11-9-20)14-15-6-7-22(18(15)23)17-4-2-16(19)3-5-17;2*5-3(6)1-2-4(7)8/h2-5,15H,6-14H2,1H3;2*1-2H2,(H,5,6)(H,7,8)/t15-;;/m1../s1. The summed E-state index contributed by atoms with van der Waals surface area (Å²) >= 11 is 5.93. The Bertz CT molecular complexity index is 912. The molecule has 0 aromatic heterocycles. The van der Waals surface area contributed by atoms with Gasteiger partial charge in [0, 0.05) is 63.6 Å². The molecule has 1 amide bonds. The fourth-order valence-electron chi connectivity index (χ4n) is 3.94. The third-order valence-corrected chi connectivity index (χ3v) is 6.37. The molecule has 4 N–H and O–H groups in total. The summed E-state index contributed by atoms with van der Waals surface area (Å²) in [4.78, 5) is 58.0. The highest BCUT2D eigenvalue weighted by atomic mass is 35.5. The third kappa shape index (κ3) is 14.8. The van der Waals surface area contributed by atoms with E-state index in [4.69, 9.17) is 36.8 Å². The van der Waals surface area contributed by atoms with Crippen LogP contribution >= 0.6 is 11.6 Å². The monoisotopic (exact) mass is 587 g/mol. The minimum Gasteiger partial charge on any atom is -0.481 e. The number of aliphatic carboxylic acids is 4. The van der Waals surface area contributed by atoms with Crippen LogP contribution in [0, 0.1) is 5.92 Å².